The maximum absolute atomic E-state index is 13.7. The number of carbonyl (C=O) groups excluding carboxylic acids is 1. The molecule has 0 saturated heterocycles. The second-order valence-corrected chi connectivity index (χ2v) is 4.00. The van der Waals surface area contributed by atoms with Gasteiger partial charge in [0.2, 0.25) is 0 Å². The lowest BCUT2D eigenvalue weighted by atomic mass is 10.1. The number of carbonyl (C=O) groups is 2. The van der Waals surface area contributed by atoms with Crippen LogP contribution in [-0.2, 0) is 0 Å². The average molecular weight is 269 g/mol. The number of hydrogen-bond acceptors (Lipinski definition) is 3. The highest BCUT2D eigenvalue weighted by Crippen LogP contribution is 2.18. The Hall–Kier alpha value is -2.15. The molecule has 0 fully saturated rings. The van der Waals surface area contributed by atoms with E-state index in [9.17, 15) is 14.0 Å². The molecule has 0 saturated carbocycles. The topological polar surface area (TPSA) is 95.7 Å². The van der Waals surface area contributed by atoms with Crippen molar-refractivity contribution in [2.75, 3.05) is 6.54 Å². The van der Waals surface area contributed by atoms with Crippen molar-refractivity contribution in [1.82, 2.24) is 10.3 Å². The van der Waals surface area contributed by atoms with Crippen LogP contribution in [0.2, 0.25) is 0 Å². The zero-order valence-electron chi connectivity index (χ0n) is 10.7. The zero-order chi connectivity index (χ0) is 14.6. The highest BCUT2D eigenvalue weighted by Gasteiger charge is 2.17. The highest BCUT2D eigenvalue weighted by atomic mass is 19.1. The van der Waals surface area contributed by atoms with Gasteiger partial charge >= 0.3 is 12.0 Å². The number of carboxylic acid groups (broad SMARTS) is 1. The smallest absolute Gasteiger partial charge is 0.335 e. The van der Waals surface area contributed by atoms with Gasteiger partial charge in [-0.05, 0) is 26.0 Å². The lowest BCUT2D eigenvalue weighted by molar-refractivity contribution is 0.0696. The molecule has 0 heterocycles. The van der Waals surface area contributed by atoms with Gasteiger partial charge in [-0.3, -0.25) is 5.01 Å². The number of nitrogens with two attached hydrogens (primary N) is 1. The number of amides is 2. The van der Waals surface area contributed by atoms with Crippen LogP contribution in [0.4, 0.5) is 9.18 Å². The first kappa shape index (κ1) is 14.9. The largest absolute Gasteiger partial charge is 0.478 e. The van der Waals surface area contributed by atoms with Gasteiger partial charge in [0.25, 0.3) is 0 Å². The number of hydrazine groups is 1. The van der Waals surface area contributed by atoms with E-state index in [0.717, 1.165) is 11.1 Å². The summed E-state index contributed by atoms with van der Waals surface area (Å²) >= 11 is 0. The predicted molar refractivity (Wildman–Crippen MR) is 66.9 cm³/mol. The van der Waals surface area contributed by atoms with E-state index < -0.39 is 23.9 Å². The van der Waals surface area contributed by atoms with Crippen molar-refractivity contribution >= 4 is 12.0 Å². The number of nitrogens with one attached hydrogen (secondary N) is 1. The van der Waals surface area contributed by atoms with Crippen LogP contribution in [-0.4, -0.2) is 28.7 Å². The van der Waals surface area contributed by atoms with Gasteiger partial charge in [0.15, 0.2) is 0 Å². The zero-order valence-corrected chi connectivity index (χ0v) is 10.7. The van der Waals surface area contributed by atoms with Crippen molar-refractivity contribution in [3.05, 3.63) is 35.1 Å². The molecule has 6 nitrogen and oxygen atoms in total. The van der Waals surface area contributed by atoms with Gasteiger partial charge in [0.05, 0.1) is 11.6 Å². The van der Waals surface area contributed by atoms with E-state index in [1.165, 1.54) is 12.1 Å². The van der Waals surface area contributed by atoms with Crippen LogP contribution in [0.1, 0.15) is 35.8 Å². The van der Waals surface area contributed by atoms with E-state index in [2.05, 4.69) is 5.32 Å². The number of rotatable bonds is 4. The minimum Gasteiger partial charge on any atom is -0.478 e. The summed E-state index contributed by atoms with van der Waals surface area (Å²) in [6.07, 6.45) is 0. The standard InChI is InChI=1S/C12H16FN3O3/c1-3-16(14)12(19)15-7(2)9-5-4-8(11(17)18)6-10(9)13/h4-7H,3,14H2,1-2H3,(H,15,19)(H,17,18)/t7-/m1/s1. The monoisotopic (exact) mass is 269 g/mol. The number of nitrogens with zero attached hydrogens (tertiary/aromatic N) is 1. The Morgan fingerprint density at radius 3 is 2.63 bits per heavy atom. The fourth-order valence-electron chi connectivity index (χ4n) is 1.50. The Labute approximate surface area is 110 Å². The molecule has 1 aromatic carbocycles. The van der Waals surface area contributed by atoms with E-state index in [-0.39, 0.29) is 11.1 Å². The SMILES string of the molecule is CCN(N)C(=O)N[C@H](C)c1ccc(C(=O)O)cc1F. The van der Waals surface area contributed by atoms with Crippen molar-refractivity contribution in [2.45, 2.75) is 19.9 Å². The fraction of sp³-hybridized carbons (Fsp3) is 0.333. The van der Waals surface area contributed by atoms with Gasteiger partial charge in [0.1, 0.15) is 5.82 Å². The molecule has 4 N–H and O–H groups in total. The third kappa shape index (κ3) is 3.65. The molecule has 0 aromatic heterocycles. The van der Waals surface area contributed by atoms with Gasteiger partial charge < -0.3 is 10.4 Å². The first-order valence-electron chi connectivity index (χ1n) is 5.72. The Morgan fingerprint density at radius 2 is 2.16 bits per heavy atom. The molecular formula is C12H16FN3O3. The van der Waals surface area contributed by atoms with Gasteiger partial charge in [-0.1, -0.05) is 6.07 Å². The fourth-order valence-corrected chi connectivity index (χ4v) is 1.50. The minimum absolute atomic E-state index is 0.145. The first-order chi connectivity index (χ1) is 8.86. The molecule has 0 spiro atoms. The summed E-state index contributed by atoms with van der Waals surface area (Å²) < 4.78 is 13.7. The molecule has 7 heteroatoms. The van der Waals surface area contributed by atoms with Crippen LogP contribution >= 0.6 is 0 Å². The number of carboxylic acids is 1. The van der Waals surface area contributed by atoms with E-state index in [1.807, 2.05) is 0 Å². The second-order valence-electron chi connectivity index (χ2n) is 4.00. The molecule has 0 radical (unpaired) electrons. The lowest BCUT2D eigenvalue weighted by Crippen LogP contribution is -2.45. The number of aromatic carboxylic acids is 1. The summed E-state index contributed by atoms with van der Waals surface area (Å²) in [5.41, 5.74) is 0.0524. The number of hydrogen-bond donors (Lipinski definition) is 3. The second kappa shape index (κ2) is 6.14. The van der Waals surface area contributed by atoms with Crippen molar-refractivity contribution in [3.8, 4) is 0 Å². The summed E-state index contributed by atoms with van der Waals surface area (Å²) in [4.78, 5) is 22.2. The molecule has 19 heavy (non-hydrogen) atoms. The average Bonchev–Trinajstić information content (AvgIpc) is 2.37. The van der Waals surface area contributed by atoms with Gasteiger partial charge in [-0.25, -0.2) is 19.8 Å². The van der Waals surface area contributed by atoms with E-state index in [4.69, 9.17) is 10.9 Å². The Morgan fingerprint density at radius 1 is 1.53 bits per heavy atom. The van der Waals surface area contributed by atoms with Gasteiger partial charge in [-0.2, -0.15) is 0 Å². The number of benzene rings is 1. The van der Waals surface area contributed by atoms with Crippen LogP contribution in [0.25, 0.3) is 0 Å². The van der Waals surface area contributed by atoms with Crippen LogP contribution in [0.5, 0.6) is 0 Å². The molecular weight excluding hydrogens is 253 g/mol. The molecule has 1 atom stereocenters. The van der Waals surface area contributed by atoms with Gasteiger partial charge in [-0.15, -0.1) is 0 Å². The van der Waals surface area contributed by atoms with Crippen LogP contribution in [0.3, 0.4) is 0 Å². The summed E-state index contributed by atoms with van der Waals surface area (Å²) in [6, 6.07) is 2.38. The molecule has 1 rings (SSSR count). The molecule has 1 aromatic rings. The molecule has 0 unspecified atom stereocenters. The summed E-state index contributed by atoms with van der Waals surface area (Å²) in [7, 11) is 0. The van der Waals surface area contributed by atoms with Crippen molar-refractivity contribution in [2.24, 2.45) is 5.84 Å². The Bertz CT molecular complexity index is 493. The molecule has 104 valence electrons. The third-order valence-electron chi connectivity index (χ3n) is 2.66. The summed E-state index contributed by atoms with van der Waals surface area (Å²) in [5.74, 6) is 3.50. The van der Waals surface area contributed by atoms with E-state index in [1.54, 1.807) is 13.8 Å². The van der Waals surface area contributed by atoms with Crippen molar-refractivity contribution in [3.63, 3.8) is 0 Å². The molecule has 0 bridgehead atoms. The number of urea groups is 1. The molecule has 0 aliphatic carbocycles. The maximum Gasteiger partial charge on any atom is 0.335 e. The molecule has 0 aliphatic rings. The van der Waals surface area contributed by atoms with Crippen molar-refractivity contribution < 1.29 is 19.1 Å². The molecule has 0 aliphatic heterocycles. The normalized spacial score (nSPS) is 11.8. The molecule has 2 amide bonds. The highest BCUT2D eigenvalue weighted by molar-refractivity contribution is 5.87. The summed E-state index contributed by atoms with van der Waals surface area (Å²) in [5, 5.41) is 12.2. The van der Waals surface area contributed by atoms with Gasteiger partial charge in [0, 0.05) is 12.1 Å². The quantitative estimate of drug-likeness (QED) is 0.438. The van der Waals surface area contributed by atoms with E-state index >= 15 is 0 Å². The van der Waals surface area contributed by atoms with Crippen LogP contribution in [0.15, 0.2) is 18.2 Å². The van der Waals surface area contributed by atoms with E-state index in [0.29, 0.717) is 6.54 Å². The predicted octanol–water partition coefficient (Wildman–Crippen LogP) is 1.49. The van der Waals surface area contributed by atoms with Crippen molar-refractivity contribution in [1.29, 1.82) is 0 Å². The summed E-state index contributed by atoms with van der Waals surface area (Å²) in [6.45, 7) is 3.60. The lowest BCUT2D eigenvalue weighted by Gasteiger charge is -2.20. The third-order valence-corrected chi connectivity index (χ3v) is 2.66. The first-order valence-corrected chi connectivity index (χ1v) is 5.72. The minimum atomic E-state index is -1.21. The maximum atomic E-state index is 13.7. The number of halogens is 1. The van der Waals surface area contributed by atoms with Crippen LogP contribution in [0, 0.1) is 5.82 Å². The Balaban J connectivity index is 2.86. The Kier molecular flexibility index (Phi) is 4.82. The van der Waals surface area contributed by atoms with Crippen LogP contribution < -0.4 is 11.2 Å².